The fraction of sp³-hybridized carbons (Fsp3) is 0.615. The zero-order chi connectivity index (χ0) is 15.5. The normalized spacial score (nSPS) is 20.4. The highest BCUT2D eigenvalue weighted by Crippen LogP contribution is 2.24. The highest BCUT2D eigenvalue weighted by Gasteiger charge is 2.28. The number of hydrogen-bond acceptors (Lipinski definition) is 5. The molecule has 1 saturated heterocycles. The Morgan fingerprint density at radius 3 is 2.95 bits per heavy atom. The van der Waals surface area contributed by atoms with Gasteiger partial charge < -0.3 is 10.1 Å². The molecular formula is C13H20BrN3O3S. The predicted molar refractivity (Wildman–Crippen MR) is 84.8 cm³/mol. The molecule has 1 aliphatic rings. The van der Waals surface area contributed by atoms with Crippen LogP contribution in [0.15, 0.2) is 21.6 Å². The third kappa shape index (κ3) is 4.15. The number of ether oxygens (including phenoxy) is 1. The minimum atomic E-state index is -3.63. The smallest absolute Gasteiger partial charge is 0.244 e. The van der Waals surface area contributed by atoms with Crippen molar-refractivity contribution in [3.8, 4) is 0 Å². The van der Waals surface area contributed by atoms with Crippen molar-refractivity contribution in [1.29, 1.82) is 0 Å². The van der Waals surface area contributed by atoms with E-state index in [1.807, 2.05) is 13.8 Å². The summed E-state index contributed by atoms with van der Waals surface area (Å²) in [6.45, 7) is 5.66. The maximum Gasteiger partial charge on any atom is 0.244 e. The highest BCUT2D eigenvalue weighted by molar-refractivity contribution is 9.10. The summed E-state index contributed by atoms with van der Waals surface area (Å²) in [5, 5.41) is 2.98. The largest absolute Gasteiger partial charge is 0.381 e. The number of pyridine rings is 1. The Morgan fingerprint density at radius 2 is 2.33 bits per heavy atom. The molecule has 6 nitrogen and oxygen atoms in total. The lowest BCUT2D eigenvalue weighted by Gasteiger charge is -2.20. The topological polar surface area (TPSA) is 80.3 Å². The van der Waals surface area contributed by atoms with Gasteiger partial charge in [-0.25, -0.2) is 18.1 Å². The summed E-state index contributed by atoms with van der Waals surface area (Å²) < 4.78 is 33.9. The molecule has 0 radical (unpaired) electrons. The second-order valence-electron chi connectivity index (χ2n) is 5.06. The number of nitrogens with one attached hydrogen (secondary N) is 2. The third-order valence-corrected chi connectivity index (χ3v) is 5.47. The minimum absolute atomic E-state index is 0.157. The van der Waals surface area contributed by atoms with Crippen LogP contribution in [0.3, 0.4) is 0 Å². The second kappa shape index (κ2) is 7.04. The second-order valence-corrected chi connectivity index (χ2v) is 7.66. The van der Waals surface area contributed by atoms with Gasteiger partial charge in [0.25, 0.3) is 0 Å². The molecule has 8 heteroatoms. The molecule has 1 fully saturated rings. The van der Waals surface area contributed by atoms with Gasteiger partial charge >= 0.3 is 0 Å². The van der Waals surface area contributed by atoms with Gasteiger partial charge in [0.15, 0.2) is 0 Å². The molecule has 2 rings (SSSR count). The fourth-order valence-corrected chi connectivity index (χ4v) is 4.23. The zero-order valence-corrected chi connectivity index (χ0v) is 14.5. The van der Waals surface area contributed by atoms with Crippen LogP contribution in [-0.4, -0.2) is 39.2 Å². The van der Waals surface area contributed by atoms with Gasteiger partial charge in [-0.05, 0) is 42.3 Å². The predicted octanol–water partition coefficient (Wildman–Crippen LogP) is 1.98. The lowest BCUT2D eigenvalue weighted by atomic mass is 10.0. The van der Waals surface area contributed by atoms with E-state index in [1.165, 1.54) is 0 Å². The van der Waals surface area contributed by atoms with E-state index < -0.39 is 10.0 Å². The monoisotopic (exact) mass is 377 g/mol. The maximum atomic E-state index is 12.6. The quantitative estimate of drug-likeness (QED) is 0.791. The van der Waals surface area contributed by atoms with Crippen molar-refractivity contribution in [2.24, 2.45) is 5.92 Å². The molecule has 118 valence electrons. The molecule has 1 aromatic rings. The molecule has 1 aliphatic heterocycles. The maximum absolute atomic E-state index is 12.6. The van der Waals surface area contributed by atoms with Crippen LogP contribution in [0.1, 0.15) is 20.3 Å². The summed E-state index contributed by atoms with van der Waals surface area (Å²) in [6.07, 6.45) is 2.45. The number of hydrogen-bond donors (Lipinski definition) is 2. The van der Waals surface area contributed by atoms with Crippen LogP contribution in [0.25, 0.3) is 0 Å². The number of nitrogens with zero attached hydrogens (tertiary/aromatic N) is 1. The van der Waals surface area contributed by atoms with Crippen LogP contribution < -0.4 is 10.0 Å². The van der Waals surface area contributed by atoms with Crippen molar-refractivity contribution in [1.82, 2.24) is 9.71 Å². The van der Waals surface area contributed by atoms with E-state index in [0.717, 1.165) is 6.42 Å². The van der Waals surface area contributed by atoms with E-state index in [2.05, 4.69) is 31.0 Å². The number of sulfonamides is 1. The highest BCUT2D eigenvalue weighted by atomic mass is 79.9. The van der Waals surface area contributed by atoms with Crippen LogP contribution in [0.2, 0.25) is 0 Å². The lowest BCUT2D eigenvalue weighted by Crippen LogP contribution is -2.38. The van der Waals surface area contributed by atoms with Gasteiger partial charge in [0.05, 0.1) is 6.61 Å². The minimum Gasteiger partial charge on any atom is -0.381 e. The summed E-state index contributed by atoms with van der Waals surface area (Å²) in [6, 6.07) is 1.39. The van der Waals surface area contributed by atoms with Gasteiger partial charge in [-0.3, -0.25) is 0 Å². The molecule has 0 saturated carbocycles. The van der Waals surface area contributed by atoms with Gasteiger partial charge in [0.1, 0.15) is 10.7 Å². The van der Waals surface area contributed by atoms with Gasteiger partial charge in [-0.15, -0.1) is 0 Å². The van der Waals surface area contributed by atoms with Gasteiger partial charge in [0, 0.05) is 35.8 Å². The average Bonchev–Trinajstić information content (AvgIpc) is 2.94. The van der Waals surface area contributed by atoms with Crippen molar-refractivity contribution in [3.63, 3.8) is 0 Å². The van der Waals surface area contributed by atoms with E-state index in [4.69, 9.17) is 4.74 Å². The van der Waals surface area contributed by atoms with Gasteiger partial charge in [-0.2, -0.15) is 0 Å². The SMILES string of the molecule is CCNc1ncc(Br)cc1S(=O)(=O)NC(C)C1CCOC1. The Balaban J connectivity index is 2.23. The fourth-order valence-electron chi connectivity index (χ4n) is 2.28. The van der Waals surface area contributed by atoms with Crippen LogP contribution in [0.5, 0.6) is 0 Å². The molecule has 0 aromatic carbocycles. The van der Waals surface area contributed by atoms with Crippen molar-refractivity contribution < 1.29 is 13.2 Å². The number of aromatic nitrogens is 1. The first-order valence-corrected chi connectivity index (χ1v) is 9.21. The summed E-state index contributed by atoms with van der Waals surface area (Å²) in [7, 11) is -3.63. The first-order valence-electron chi connectivity index (χ1n) is 6.93. The van der Waals surface area contributed by atoms with Crippen LogP contribution >= 0.6 is 15.9 Å². The van der Waals surface area contributed by atoms with E-state index in [1.54, 1.807) is 12.3 Å². The molecule has 21 heavy (non-hydrogen) atoms. The van der Waals surface area contributed by atoms with E-state index >= 15 is 0 Å². The summed E-state index contributed by atoms with van der Waals surface area (Å²) in [5.41, 5.74) is 0. The van der Waals surface area contributed by atoms with Crippen molar-refractivity contribution in [3.05, 3.63) is 16.7 Å². The van der Waals surface area contributed by atoms with Gasteiger partial charge in [-0.1, -0.05) is 0 Å². The van der Waals surface area contributed by atoms with Crippen LogP contribution in [-0.2, 0) is 14.8 Å². The molecule has 2 unspecified atom stereocenters. The Kier molecular flexibility index (Phi) is 5.59. The molecule has 2 heterocycles. The Bertz CT molecular complexity index is 588. The molecule has 0 bridgehead atoms. The van der Waals surface area contributed by atoms with E-state index in [9.17, 15) is 8.42 Å². The average molecular weight is 378 g/mol. The lowest BCUT2D eigenvalue weighted by molar-refractivity contribution is 0.180. The Labute approximate surface area is 133 Å². The van der Waals surface area contributed by atoms with E-state index in [0.29, 0.717) is 30.0 Å². The van der Waals surface area contributed by atoms with E-state index in [-0.39, 0.29) is 16.9 Å². The number of rotatable bonds is 6. The molecule has 2 atom stereocenters. The Hall–Kier alpha value is -0.700. The standard InChI is InChI=1S/C13H20BrN3O3S/c1-3-15-13-12(6-11(14)7-16-13)21(18,19)17-9(2)10-4-5-20-8-10/h6-7,9-10,17H,3-5,8H2,1-2H3,(H,15,16). The molecule has 1 aromatic heterocycles. The summed E-state index contributed by atoms with van der Waals surface area (Å²) >= 11 is 3.27. The summed E-state index contributed by atoms with van der Waals surface area (Å²) in [4.78, 5) is 4.29. The third-order valence-electron chi connectivity index (χ3n) is 3.47. The molecule has 0 spiro atoms. The van der Waals surface area contributed by atoms with Crippen molar-refractivity contribution in [2.45, 2.75) is 31.2 Å². The molecule has 0 aliphatic carbocycles. The molecule has 0 amide bonds. The van der Waals surface area contributed by atoms with Crippen LogP contribution in [0.4, 0.5) is 5.82 Å². The molecule has 2 N–H and O–H groups in total. The van der Waals surface area contributed by atoms with Crippen molar-refractivity contribution >= 4 is 31.8 Å². The Morgan fingerprint density at radius 1 is 1.57 bits per heavy atom. The number of anilines is 1. The first-order chi connectivity index (χ1) is 9.94. The first kappa shape index (κ1) is 16.7. The van der Waals surface area contributed by atoms with Gasteiger partial charge in [0.2, 0.25) is 10.0 Å². The molecular weight excluding hydrogens is 358 g/mol. The van der Waals surface area contributed by atoms with Crippen molar-refractivity contribution in [2.75, 3.05) is 25.1 Å². The number of halogens is 1. The van der Waals surface area contributed by atoms with Crippen LogP contribution in [0, 0.1) is 5.92 Å². The zero-order valence-electron chi connectivity index (χ0n) is 12.1. The summed E-state index contributed by atoms with van der Waals surface area (Å²) in [5.74, 6) is 0.575.